The molecule has 0 aliphatic rings. The maximum absolute atomic E-state index is 11.9. The largest absolute Gasteiger partial charge is 0.467 e. The summed E-state index contributed by atoms with van der Waals surface area (Å²) in [5.41, 5.74) is 1.29. The second kappa shape index (κ2) is 6.07. The third kappa shape index (κ3) is 2.89. The van der Waals surface area contributed by atoms with Crippen molar-refractivity contribution in [1.29, 1.82) is 0 Å². The summed E-state index contributed by atoms with van der Waals surface area (Å²) in [6, 6.07) is 5.97. The third-order valence-corrected chi connectivity index (χ3v) is 2.65. The van der Waals surface area contributed by atoms with E-state index in [2.05, 4.69) is 20.0 Å². The Balaban J connectivity index is 2.20. The summed E-state index contributed by atoms with van der Waals surface area (Å²) in [5.74, 6) is -1.33. The van der Waals surface area contributed by atoms with Gasteiger partial charge in [0.2, 0.25) is 0 Å². The highest BCUT2D eigenvalue weighted by molar-refractivity contribution is 5.96. The lowest BCUT2D eigenvalue weighted by Crippen LogP contribution is -2.44. The van der Waals surface area contributed by atoms with Gasteiger partial charge in [-0.1, -0.05) is 12.1 Å². The lowest BCUT2D eigenvalue weighted by atomic mass is 10.2. The van der Waals surface area contributed by atoms with Crippen molar-refractivity contribution in [3.05, 3.63) is 36.2 Å². The maximum atomic E-state index is 11.9. The van der Waals surface area contributed by atoms with Crippen LogP contribution in [0, 0.1) is 0 Å². The molecule has 7 nitrogen and oxygen atoms in total. The third-order valence-electron chi connectivity index (χ3n) is 2.65. The Bertz CT molecular complexity index is 644. The molecule has 1 unspecified atom stereocenters. The van der Waals surface area contributed by atoms with Crippen molar-refractivity contribution in [2.24, 2.45) is 0 Å². The second-order valence-corrected chi connectivity index (χ2v) is 3.98. The van der Waals surface area contributed by atoms with Crippen LogP contribution in [0.15, 0.2) is 30.5 Å². The topological polar surface area (TPSA) is 101 Å². The number of carbonyl (C=O) groups is 2. The predicted molar refractivity (Wildman–Crippen MR) is 69.9 cm³/mol. The molecule has 1 heterocycles. The smallest absolute Gasteiger partial charge is 0.330 e. The van der Waals surface area contributed by atoms with Gasteiger partial charge in [-0.2, -0.15) is 0 Å². The molecule has 1 aromatic heterocycles. The molecule has 20 heavy (non-hydrogen) atoms. The van der Waals surface area contributed by atoms with Crippen LogP contribution in [0.1, 0.15) is 10.5 Å². The average molecular weight is 275 g/mol. The minimum atomic E-state index is -1.12. The van der Waals surface area contributed by atoms with Gasteiger partial charge >= 0.3 is 5.97 Å². The Morgan fingerprint density at radius 1 is 1.35 bits per heavy atom. The fraction of sp³-hybridized carbons (Fsp3) is 0.231. The second-order valence-electron chi connectivity index (χ2n) is 3.98. The number of ether oxygens (including phenoxy) is 1. The Kier molecular flexibility index (Phi) is 4.21. The molecule has 1 atom stereocenters. The molecule has 0 saturated heterocycles. The normalized spacial score (nSPS) is 11.9. The van der Waals surface area contributed by atoms with Crippen molar-refractivity contribution in [1.82, 2.24) is 15.3 Å². The Morgan fingerprint density at radius 2 is 2.05 bits per heavy atom. The van der Waals surface area contributed by atoms with Gasteiger partial charge in [0.1, 0.15) is 5.69 Å². The Labute approximate surface area is 114 Å². The number of benzene rings is 1. The average Bonchev–Trinajstić information content (AvgIpc) is 2.51. The van der Waals surface area contributed by atoms with Crippen molar-refractivity contribution in [3.63, 3.8) is 0 Å². The lowest BCUT2D eigenvalue weighted by molar-refractivity contribution is -0.143. The molecular weight excluding hydrogens is 262 g/mol. The number of nitrogens with zero attached hydrogens (tertiary/aromatic N) is 2. The molecule has 0 spiro atoms. The summed E-state index contributed by atoms with van der Waals surface area (Å²) in [6.07, 6.45) is 1.31. The van der Waals surface area contributed by atoms with Crippen molar-refractivity contribution >= 4 is 22.9 Å². The molecule has 0 aliphatic carbocycles. The predicted octanol–water partition coefficient (Wildman–Crippen LogP) is -0.107. The van der Waals surface area contributed by atoms with Crippen LogP contribution in [0.2, 0.25) is 0 Å². The zero-order valence-corrected chi connectivity index (χ0v) is 10.7. The van der Waals surface area contributed by atoms with E-state index in [1.54, 1.807) is 18.2 Å². The number of nitrogens with one attached hydrogen (secondary N) is 1. The van der Waals surface area contributed by atoms with Gasteiger partial charge in [0.25, 0.3) is 5.91 Å². The molecule has 2 rings (SSSR count). The van der Waals surface area contributed by atoms with Crippen LogP contribution in [0.3, 0.4) is 0 Å². The standard InChI is InChI=1S/C13H13N3O4/c1-20-13(19)11(7-17)16-12(18)10-6-14-8-4-2-3-5-9(8)15-10/h2-6,11,17H,7H2,1H3,(H,16,18). The number of amides is 1. The van der Waals surface area contributed by atoms with E-state index in [1.807, 2.05) is 6.07 Å². The fourth-order valence-corrected chi connectivity index (χ4v) is 1.62. The number of carbonyl (C=O) groups excluding carboxylic acids is 2. The Morgan fingerprint density at radius 3 is 2.70 bits per heavy atom. The summed E-state index contributed by atoms with van der Waals surface area (Å²) in [4.78, 5) is 31.5. The van der Waals surface area contributed by atoms with Gasteiger partial charge in [0.05, 0.1) is 30.9 Å². The van der Waals surface area contributed by atoms with Crippen molar-refractivity contribution in [2.75, 3.05) is 13.7 Å². The van der Waals surface area contributed by atoms with Crippen LogP contribution in [-0.2, 0) is 9.53 Å². The highest BCUT2D eigenvalue weighted by Crippen LogP contribution is 2.08. The van der Waals surface area contributed by atoms with Gasteiger partial charge in [0, 0.05) is 0 Å². The van der Waals surface area contributed by atoms with Gasteiger partial charge in [-0.3, -0.25) is 9.78 Å². The van der Waals surface area contributed by atoms with E-state index in [1.165, 1.54) is 13.3 Å². The number of hydrogen-bond donors (Lipinski definition) is 2. The van der Waals surface area contributed by atoms with Crippen molar-refractivity contribution in [2.45, 2.75) is 6.04 Å². The first kappa shape index (κ1) is 13.9. The van der Waals surface area contributed by atoms with E-state index in [4.69, 9.17) is 5.11 Å². The van der Waals surface area contributed by atoms with E-state index >= 15 is 0 Å². The van der Waals surface area contributed by atoms with Crippen LogP contribution >= 0.6 is 0 Å². The quantitative estimate of drug-likeness (QED) is 0.755. The van der Waals surface area contributed by atoms with Gasteiger partial charge in [0.15, 0.2) is 6.04 Å². The number of methoxy groups -OCH3 is 1. The summed E-state index contributed by atoms with van der Waals surface area (Å²) in [7, 11) is 1.17. The summed E-state index contributed by atoms with van der Waals surface area (Å²) in [5, 5.41) is 11.4. The highest BCUT2D eigenvalue weighted by atomic mass is 16.5. The molecule has 7 heteroatoms. The summed E-state index contributed by atoms with van der Waals surface area (Å²) < 4.78 is 4.46. The minimum absolute atomic E-state index is 0.0612. The number of para-hydroxylation sites is 2. The van der Waals surface area contributed by atoms with Gasteiger partial charge in [-0.05, 0) is 12.1 Å². The van der Waals surface area contributed by atoms with E-state index in [0.717, 1.165) is 0 Å². The van der Waals surface area contributed by atoms with E-state index in [-0.39, 0.29) is 5.69 Å². The Hall–Kier alpha value is -2.54. The number of esters is 1. The number of hydrogen-bond acceptors (Lipinski definition) is 6. The zero-order chi connectivity index (χ0) is 14.5. The highest BCUT2D eigenvalue weighted by Gasteiger charge is 2.22. The molecule has 2 aromatic rings. The number of aliphatic hydroxyl groups is 1. The monoisotopic (exact) mass is 275 g/mol. The molecule has 2 N–H and O–H groups in total. The molecular formula is C13H13N3O4. The molecule has 0 saturated carbocycles. The number of aliphatic hydroxyl groups excluding tert-OH is 1. The first-order valence-corrected chi connectivity index (χ1v) is 5.87. The summed E-state index contributed by atoms with van der Waals surface area (Å²) >= 11 is 0. The van der Waals surface area contributed by atoms with Crippen LogP contribution in [-0.4, -0.2) is 46.7 Å². The SMILES string of the molecule is COC(=O)C(CO)NC(=O)c1cnc2ccccc2n1. The van der Waals surface area contributed by atoms with Crippen molar-refractivity contribution in [3.8, 4) is 0 Å². The van der Waals surface area contributed by atoms with Gasteiger partial charge in [-0.15, -0.1) is 0 Å². The van der Waals surface area contributed by atoms with Gasteiger partial charge < -0.3 is 15.2 Å². The summed E-state index contributed by atoms with van der Waals surface area (Å²) in [6.45, 7) is -0.556. The molecule has 104 valence electrons. The molecule has 0 bridgehead atoms. The number of fused-ring (bicyclic) bond motifs is 1. The minimum Gasteiger partial charge on any atom is -0.467 e. The fourth-order valence-electron chi connectivity index (χ4n) is 1.62. The van der Waals surface area contributed by atoms with Crippen LogP contribution in [0.25, 0.3) is 11.0 Å². The molecule has 0 radical (unpaired) electrons. The first-order chi connectivity index (χ1) is 9.65. The number of rotatable bonds is 4. The lowest BCUT2D eigenvalue weighted by Gasteiger charge is -2.13. The van der Waals surface area contributed by atoms with Crippen molar-refractivity contribution < 1.29 is 19.4 Å². The molecule has 1 aromatic carbocycles. The number of aromatic nitrogens is 2. The maximum Gasteiger partial charge on any atom is 0.330 e. The van der Waals surface area contributed by atoms with Crippen LogP contribution in [0.5, 0.6) is 0 Å². The zero-order valence-electron chi connectivity index (χ0n) is 10.7. The van der Waals surface area contributed by atoms with Gasteiger partial charge in [-0.25, -0.2) is 9.78 Å². The molecule has 0 aliphatic heterocycles. The molecule has 1 amide bonds. The molecule has 0 fully saturated rings. The first-order valence-electron chi connectivity index (χ1n) is 5.87. The van der Waals surface area contributed by atoms with E-state index in [9.17, 15) is 9.59 Å². The van der Waals surface area contributed by atoms with E-state index < -0.39 is 24.5 Å². The van der Waals surface area contributed by atoms with Crippen LogP contribution < -0.4 is 5.32 Å². The van der Waals surface area contributed by atoms with E-state index in [0.29, 0.717) is 11.0 Å². The van der Waals surface area contributed by atoms with Crippen LogP contribution in [0.4, 0.5) is 0 Å².